The molecular formula is C12H17ClN2O. The highest BCUT2D eigenvalue weighted by Crippen LogP contribution is 2.16. The number of rotatable bonds is 5. The normalized spacial score (nSPS) is 12.2. The summed E-state index contributed by atoms with van der Waals surface area (Å²) in [5, 5.41) is 0.800. The number of carbonyl (C=O) groups excluding carboxylic acids is 1. The standard InChI is InChI=1S/C12H17ClN2O/c1-9(14-15-10(2)16)7-8-11-5-3-4-6-12(11)13/h3-6,9,14H,7-8H2,1-2H3,(H,15,16). The second-order valence-electron chi connectivity index (χ2n) is 3.86. The summed E-state index contributed by atoms with van der Waals surface area (Å²) < 4.78 is 0. The van der Waals surface area contributed by atoms with E-state index in [4.69, 9.17) is 11.6 Å². The first-order valence-electron chi connectivity index (χ1n) is 5.35. The molecule has 0 saturated heterocycles. The molecule has 0 fully saturated rings. The Labute approximate surface area is 101 Å². The maximum absolute atomic E-state index is 10.7. The maximum atomic E-state index is 10.7. The predicted molar refractivity (Wildman–Crippen MR) is 66.2 cm³/mol. The van der Waals surface area contributed by atoms with Crippen LogP contribution in [0.15, 0.2) is 24.3 Å². The third-order valence-corrected chi connectivity index (χ3v) is 2.67. The van der Waals surface area contributed by atoms with Crippen LogP contribution >= 0.6 is 11.6 Å². The molecule has 0 radical (unpaired) electrons. The van der Waals surface area contributed by atoms with E-state index in [2.05, 4.69) is 10.9 Å². The van der Waals surface area contributed by atoms with E-state index in [1.807, 2.05) is 31.2 Å². The van der Waals surface area contributed by atoms with Crippen molar-refractivity contribution in [3.8, 4) is 0 Å². The fourth-order valence-corrected chi connectivity index (χ4v) is 1.60. The number of amides is 1. The number of halogens is 1. The fourth-order valence-electron chi connectivity index (χ4n) is 1.37. The summed E-state index contributed by atoms with van der Waals surface area (Å²) in [7, 11) is 0. The van der Waals surface area contributed by atoms with Crippen LogP contribution in [0.3, 0.4) is 0 Å². The lowest BCUT2D eigenvalue weighted by Crippen LogP contribution is -2.41. The van der Waals surface area contributed by atoms with Crippen molar-refractivity contribution >= 4 is 17.5 Å². The van der Waals surface area contributed by atoms with Crippen LogP contribution in [-0.2, 0) is 11.2 Å². The van der Waals surface area contributed by atoms with Gasteiger partial charge < -0.3 is 0 Å². The average Bonchev–Trinajstić information content (AvgIpc) is 2.25. The van der Waals surface area contributed by atoms with Gasteiger partial charge in [-0.15, -0.1) is 0 Å². The molecule has 1 amide bonds. The molecule has 3 nitrogen and oxygen atoms in total. The van der Waals surface area contributed by atoms with Crippen LogP contribution in [0.4, 0.5) is 0 Å². The molecule has 1 unspecified atom stereocenters. The van der Waals surface area contributed by atoms with Crippen LogP contribution < -0.4 is 10.9 Å². The van der Waals surface area contributed by atoms with E-state index in [1.165, 1.54) is 6.92 Å². The number of hydrogen-bond acceptors (Lipinski definition) is 2. The topological polar surface area (TPSA) is 41.1 Å². The maximum Gasteiger partial charge on any atom is 0.230 e. The smallest absolute Gasteiger partial charge is 0.230 e. The SMILES string of the molecule is CC(=O)NNC(C)CCc1ccccc1Cl. The fraction of sp³-hybridized carbons (Fsp3) is 0.417. The Hall–Kier alpha value is -1.06. The minimum absolute atomic E-state index is 0.0791. The van der Waals surface area contributed by atoms with Gasteiger partial charge in [0.05, 0.1) is 0 Å². The molecule has 0 bridgehead atoms. The second-order valence-corrected chi connectivity index (χ2v) is 4.26. The monoisotopic (exact) mass is 240 g/mol. The number of benzene rings is 1. The Kier molecular flexibility index (Phi) is 5.29. The van der Waals surface area contributed by atoms with E-state index in [-0.39, 0.29) is 11.9 Å². The molecular weight excluding hydrogens is 224 g/mol. The highest BCUT2D eigenvalue weighted by atomic mass is 35.5. The highest BCUT2D eigenvalue weighted by Gasteiger charge is 2.04. The molecule has 0 heterocycles. The van der Waals surface area contributed by atoms with Gasteiger partial charge in [0, 0.05) is 18.0 Å². The predicted octanol–water partition coefficient (Wildman–Crippen LogP) is 2.30. The van der Waals surface area contributed by atoms with Gasteiger partial charge in [0.2, 0.25) is 5.91 Å². The molecule has 4 heteroatoms. The van der Waals surface area contributed by atoms with Crippen molar-refractivity contribution < 1.29 is 4.79 Å². The zero-order chi connectivity index (χ0) is 12.0. The first-order valence-corrected chi connectivity index (χ1v) is 5.73. The average molecular weight is 241 g/mol. The molecule has 0 aliphatic carbocycles. The van der Waals surface area contributed by atoms with Gasteiger partial charge in [-0.2, -0.15) is 0 Å². The molecule has 0 aliphatic rings. The Morgan fingerprint density at radius 3 is 2.75 bits per heavy atom. The van der Waals surface area contributed by atoms with Crippen molar-refractivity contribution in [3.63, 3.8) is 0 Å². The Morgan fingerprint density at radius 1 is 1.44 bits per heavy atom. The minimum Gasteiger partial charge on any atom is -0.292 e. The third kappa shape index (κ3) is 4.64. The minimum atomic E-state index is -0.0791. The van der Waals surface area contributed by atoms with E-state index in [9.17, 15) is 4.79 Å². The van der Waals surface area contributed by atoms with Crippen molar-refractivity contribution in [2.45, 2.75) is 32.7 Å². The van der Waals surface area contributed by atoms with Gasteiger partial charge in [-0.05, 0) is 31.4 Å². The molecule has 0 aromatic heterocycles. The molecule has 16 heavy (non-hydrogen) atoms. The zero-order valence-electron chi connectivity index (χ0n) is 9.59. The number of carbonyl (C=O) groups is 1. The van der Waals surface area contributed by atoms with Crippen LogP contribution in [0.1, 0.15) is 25.8 Å². The molecule has 0 aliphatic heterocycles. The lowest BCUT2D eigenvalue weighted by Gasteiger charge is -2.14. The van der Waals surface area contributed by atoms with E-state index in [1.54, 1.807) is 0 Å². The molecule has 1 aromatic rings. The summed E-state index contributed by atoms with van der Waals surface area (Å²) in [6.07, 6.45) is 1.82. The van der Waals surface area contributed by atoms with Gasteiger partial charge in [-0.25, -0.2) is 5.43 Å². The van der Waals surface area contributed by atoms with Gasteiger partial charge in [0.15, 0.2) is 0 Å². The summed E-state index contributed by atoms with van der Waals surface area (Å²) in [6.45, 7) is 3.50. The van der Waals surface area contributed by atoms with Crippen LogP contribution in [0.2, 0.25) is 5.02 Å². The van der Waals surface area contributed by atoms with Gasteiger partial charge in [0.1, 0.15) is 0 Å². The van der Waals surface area contributed by atoms with Crippen molar-refractivity contribution in [2.75, 3.05) is 0 Å². The largest absolute Gasteiger partial charge is 0.292 e. The van der Waals surface area contributed by atoms with Crippen molar-refractivity contribution in [1.82, 2.24) is 10.9 Å². The molecule has 1 atom stereocenters. The highest BCUT2D eigenvalue weighted by molar-refractivity contribution is 6.31. The summed E-state index contributed by atoms with van der Waals surface area (Å²) in [5.74, 6) is -0.0791. The van der Waals surface area contributed by atoms with Gasteiger partial charge in [-0.1, -0.05) is 29.8 Å². The number of aryl methyl sites for hydroxylation is 1. The van der Waals surface area contributed by atoms with E-state index in [0.717, 1.165) is 23.4 Å². The Bertz CT molecular complexity index is 355. The first-order chi connectivity index (χ1) is 7.59. The lowest BCUT2D eigenvalue weighted by atomic mass is 10.1. The van der Waals surface area contributed by atoms with Crippen molar-refractivity contribution in [3.05, 3.63) is 34.9 Å². The molecule has 0 spiro atoms. The molecule has 2 N–H and O–H groups in total. The first kappa shape index (κ1) is 13.0. The zero-order valence-corrected chi connectivity index (χ0v) is 10.3. The van der Waals surface area contributed by atoms with Crippen LogP contribution in [-0.4, -0.2) is 11.9 Å². The van der Waals surface area contributed by atoms with Gasteiger partial charge in [-0.3, -0.25) is 10.2 Å². The quantitative estimate of drug-likeness (QED) is 0.776. The Balaban J connectivity index is 2.34. The molecule has 0 saturated carbocycles. The molecule has 88 valence electrons. The molecule has 1 aromatic carbocycles. The second kappa shape index (κ2) is 6.51. The molecule has 1 rings (SSSR count). The number of hydrazine groups is 1. The van der Waals surface area contributed by atoms with Crippen LogP contribution in [0, 0.1) is 0 Å². The van der Waals surface area contributed by atoms with E-state index >= 15 is 0 Å². The van der Waals surface area contributed by atoms with Crippen LogP contribution in [0.5, 0.6) is 0 Å². The van der Waals surface area contributed by atoms with E-state index in [0.29, 0.717) is 0 Å². The van der Waals surface area contributed by atoms with Gasteiger partial charge in [0.25, 0.3) is 0 Å². The summed E-state index contributed by atoms with van der Waals surface area (Å²) in [5.41, 5.74) is 6.64. The van der Waals surface area contributed by atoms with Gasteiger partial charge >= 0.3 is 0 Å². The third-order valence-electron chi connectivity index (χ3n) is 2.30. The summed E-state index contributed by atoms with van der Waals surface area (Å²) >= 11 is 6.05. The lowest BCUT2D eigenvalue weighted by molar-refractivity contribution is -0.120. The van der Waals surface area contributed by atoms with Crippen molar-refractivity contribution in [1.29, 1.82) is 0 Å². The number of nitrogens with one attached hydrogen (secondary N) is 2. The summed E-state index contributed by atoms with van der Waals surface area (Å²) in [4.78, 5) is 10.7. The van der Waals surface area contributed by atoms with Crippen LogP contribution in [0.25, 0.3) is 0 Å². The number of hydrogen-bond donors (Lipinski definition) is 2. The Morgan fingerprint density at radius 2 is 2.12 bits per heavy atom. The van der Waals surface area contributed by atoms with E-state index < -0.39 is 0 Å². The van der Waals surface area contributed by atoms with Crippen molar-refractivity contribution in [2.24, 2.45) is 0 Å². The summed E-state index contributed by atoms with van der Waals surface area (Å²) in [6, 6.07) is 8.04.